The highest BCUT2D eigenvalue weighted by Crippen LogP contribution is 2.26. The molecule has 0 atom stereocenters. The normalized spacial score (nSPS) is 18.3. The van der Waals surface area contributed by atoms with Gasteiger partial charge < -0.3 is 10.1 Å². The summed E-state index contributed by atoms with van der Waals surface area (Å²) < 4.78 is 7.26. The van der Waals surface area contributed by atoms with Crippen LogP contribution in [0.5, 0.6) is 5.88 Å². The number of piperidine rings is 1. The third-order valence-electron chi connectivity index (χ3n) is 5.36. The third kappa shape index (κ3) is 3.46. The SMILES string of the molecule is COc1cc(NC2CCN(Cc3c4c(nn3C)CCC4)CC2)ncn1. The molecule has 2 aromatic rings. The summed E-state index contributed by atoms with van der Waals surface area (Å²) in [7, 11) is 3.71. The summed E-state index contributed by atoms with van der Waals surface area (Å²) in [6, 6.07) is 2.30. The van der Waals surface area contributed by atoms with E-state index in [-0.39, 0.29) is 0 Å². The van der Waals surface area contributed by atoms with Gasteiger partial charge in [0.2, 0.25) is 5.88 Å². The predicted molar refractivity (Wildman–Crippen MR) is 95.7 cm³/mol. The number of fused-ring (bicyclic) bond motifs is 1. The highest BCUT2D eigenvalue weighted by molar-refractivity contribution is 5.38. The monoisotopic (exact) mass is 342 g/mol. The minimum Gasteiger partial charge on any atom is -0.481 e. The molecular formula is C18H26N6O. The molecule has 0 bridgehead atoms. The number of aromatic nitrogens is 4. The summed E-state index contributed by atoms with van der Waals surface area (Å²) in [6.07, 6.45) is 7.39. The number of nitrogens with one attached hydrogen (secondary N) is 1. The first kappa shape index (κ1) is 16.3. The Bertz CT molecular complexity index is 735. The van der Waals surface area contributed by atoms with Gasteiger partial charge in [0.05, 0.1) is 18.5 Å². The summed E-state index contributed by atoms with van der Waals surface area (Å²) >= 11 is 0. The van der Waals surface area contributed by atoms with Crippen LogP contribution in [-0.2, 0) is 26.4 Å². The van der Waals surface area contributed by atoms with Crippen molar-refractivity contribution >= 4 is 5.82 Å². The Morgan fingerprint density at radius 2 is 2.08 bits per heavy atom. The Balaban J connectivity index is 1.33. The van der Waals surface area contributed by atoms with Gasteiger partial charge in [-0.2, -0.15) is 5.10 Å². The molecule has 25 heavy (non-hydrogen) atoms. The standard InChI is InChI=1S/C18H26N6O/c1-23-16(14-4-3-5-15(14)22-23)11-24-8-6-13(7-9-24)21-17-10-18(25-2)20-12-19-17/h10,12-13H,3-9,11H2,1-2H3,(H,19,20,21). The molecule has 7 heteroatoms. The average molecular weight is 342 g/mol. The van der Waals surface area contributed by atoms with Gasteiger partial charge >= 0.3 is 0 Å². The Morgan fingerprint density at radius 1 is 1.24 bits per heavy atom. The molecule has 2 aromatic heterocycles. The molecule has 0 aromatic carbocycles. The van der Waals surface area contributed by atoms with Gasteiger partial charge in [-0.05, 0) is 37.7 Å². The fourth-order valence-corrected chi connectivity index (χ4v) is 3.97. The minimum absolute atomic E-state index is 0.452. The smallest absolute Gasteiger partial charge is 0.218 e. The first-order valence-electron chi connectivity index (χ1n) is 9.11. The zero-order valence-electron chi connectivity index (χ0n) is 15.0. The van der Waals surface area contributed by atoms with E-state index >= 15 is 0 Å². The zero-order valence-corrected chi connectivity index (χ0v) is 15.0. The molecule has 0 amide bonds. The second kappa shape index (κ2) is 7.00. The number of rotatable bonds is 5. The molecule has 7 nitrogen and oxygen atoms in total. The van der Waals surface area contributed by atoms with Crippen molar-refractivity contribution in [3.05, 3.63) is 29.3 Å². The molecule has 1 saturated heterocycles. The van der Waals surface area contributed by atoms with Gasteiger partial charge in [-0.1, -0.05) is 0 Å². The summed E-state index contributed by atoms with van der Waals surface area (Å²) in [5, 5.41) is 8.21. The zero-order chi connectivity index (χ0) is 17.2. The summed E-state index contributed by atoms with van der Waals surface area (Å²) in [4.78, 5) is 10.9. The van der Waals surface area contributed by atoms with E-state index in [0.29, 0.717) is 11.9 Å². The van der Waals surface area contributed by atoms with Crippen molar-refractivity contribution in [3.8, 4) is 5.88 Å². The highest BCUT2D eigenvalue weighted by Gasteiger charge is 2.25. The van der Waals surface area contributed by atoms with Crippen molar-refractivity contribution in [2.24, 2.45) is 7.05 Å². The van der Waals surface area contributed by atoms with Gasteiger partial charge in [-0.3, -0.25) is 9.58 Å². The highest BCUT2D eigenvalue weighted by atomic mass is 16.5. The molecule has 1 aliphatic carbocycles. The van der Waals surface area contributed by atoms with Crippen LogP contribution in [0.2, 0.25) is 0 Å². The van der Waals surface area contributed by atoms with Crippen LogP contribution in [0.1, 0.15) is 36.2 Å². The topological polar surface area (TPSA) is 68.1 Å². The molecule has 3 heterocycles. The molecule has 2 aliphatic rings. The maximum atomic E-state index is 5.16. The van der Waals surface area contributed by atoms with Crippen LogP contribution in [0.25, 0.3) is 0 Å². The van der Waals surface area contributed by atoms with Crippen LogP contribution in [0.15, 0.2) is 12.4 Å². The molecule has 1 fully saturated rings. The molecular weight excluding hydrogens is 316 g/mol. The largest absolute Gasteiger partial charge is 0.481 e. The van der Waals surface area contributed by atoms with Crippen molar-refractivity contribution in [2.75, 3.05) is 25.5 Å². The summed E-state index contributed by atoms with van der Waals surface area (Å²) in [5.41, 5.74) is 4.25. The van der Waals surface area contributed by atoms with E-state index in [4.69, 9.17) is 9.84 Å². The molecule has 134 valence electrons. The van der Waals surface area contributed by atoms with Crippen molar-refractivity contribution in [3.63, 3.8) is 0 Å². The number of aryl methyl sites for hydroxylation is 2. The quantitative estimate of drug-likeness (QED) is 0.893. The molecule has 0 radical (unpaired) electrons. The molecule has 0 saturated carbocycles. The summed E-state index contributed by atoms with van der Waals surface area (Å²) in [5.74, 6) is 1.44. The fourth-order valence-electron chi connectivity index (χ4n) is 3.97. The molecule has 1 aliphatic heterocycles. The van der Waals surface area contributed by atoms with E-state index < -0.39 is 0 Å². The number of hydrogen-bond donors (Lipinski definition) is 1. The molecule has 4 rings (SSSR count). The number of anilines is 1. The fraction of sp³-hybridized carbons (Fsp3) is 0.611. The maximum absolute atomic E-state index is 5.16. The first-order valence-corrected chi connectivity index (χ1v) is 9.11. The van der Waals surface area contributed by atoms with Gasteiger partial charge in [0.25, 0.3) is 0 Å². The van der Waals surface area contributed by atoms with E-state index in [2.05, 4.69) is 31.9 Å². The van der Waals surface area contributed by atoms with Crippen molar-refractivity contribution in [1.82, 2.24) is 24.6 Å². The van der Waals surface area contributed by atoms with Crippen LogP contribution in [-0.4, -0.2) is 50.9 Å². The Kier molecular flexibility index (Phi) is 4.57. The van der Waals surface area contributed by atoms with Crippen molar-refractivity contribution in [2.45, 2.75) is 44.7 Å². The van der Waals surface area contributed by atoms with E-state index in [0.717, 1.165) is 44.7 Å². The second-order valence-corrected chi connectivity index (χ2v) is 6.99. The van der Waals surface area contributed by atoms with Gasteiger partial charge in [0.15, 0.2) is 0 Å². The van der Waals surface area contributed by atoms with Crippen molar-refractivity contribution < 1.29 is 4.74 Å². The number of nitrogens with zero attached hydrogens (tertiary/aromatic N) is 5. The molecule has 0 unspecified atom stereocenters. The number of ether oxygens (including phenoxy) is 1. The number of likely N-dealkylation sites (tertiary alicyclic amines) is 1. The third-order valence-corrected chi connectivity index (χ3v) is 5.36. The lowest BCUT2D eigenvalue weighted by atomic mass is 10.0. The Labute approximate surface area is 148 Å². The lowest BCUT2D eigenvalue weighted by Gasteiger charge is -2.32. The lowest BCUT2D eigenvalue weighted by Crippen LogP contribution is -2.39. The minimum atomic E-state index is 0.452. The van der Waals surface area contributed by atoms with Crippen LogP contribution in [0.3, 0.4) is 0 Å². The Hall–Kier alpha value is -2.15. The lowest BCUT2D eigenvalue weighted by molar-refractivity contribution is 0.206. The maximum Gasteiger partial charge on any atom is 0.218 e. The van der Waals surface area contributed by atoms with Crippen LogP contribution in [0, 0.1) is 0 Å². The van der Waals surface area contributed by atoms with E-state index in [9.17, 15) is 0 Å². The van der Waals surface area contributed by atoms with Crippen LogP contribution < -0.4 is 10.1 Å². The number of methoxy groups -OCH3 is 1. The van der Waals surface area contributed by atoms with Crippen LogP contribution in [0.4, 0.5) is 5.82 Å². The van der Waals surface area contributed by atoms with Gasteiger partial charge in [0.1, 0.15) is 12.1 Å². The molecule has 0 spiro atoms. The van der Waals surface area contributed by atoms with E-state index in [1.54, 1.807) is 13.4 Å². The second-order valence-electron chi connectivity index (χ2n) is 6.99. The van der Waals surface area contributed by atoms with Gasteiger partial charge in [0, 0.05) is 38.8 Å². The average Bonchev–Trinajstić information content (AvgIpc) is 3.19. The van der Waals surface area contributed by atoms with E-state index in [1.165, 1.54) is 29.8 Å². The molecule has 1 N–H and O–H groups in total. The first-order chi connectivity index (χ1) is 12.2. The van der Waals surface area contributed by atoms with Crippen molar-refractivity contribution in [1.29, 1.82) is 0 Å². The Morgan fingerprint density at radius 3 is 2.88 bits per heavy atom. The number of hydrogen-bond acceptors (Lipinski definition) is 6. The van der Waals surface area contributed by atoms with Gasteiger partial charge in [-0.15, -0.1) is 0 Å². The van der Waals surface area contributed by atoms with E-state index in [1.807, 2.05) is 6.07 Å². The summed E-state index contributed by atoms with van der Waals surface area (Å²) in [6.45, 7) is 3.21. The predicted octanol–water partition coefficient (Wildman–Crippen LogP) is 1.78. The van der Waals surface area contributed by atoms with Crippen LogP contribution >= 0.6 is 0 Å². The van der Waals surface area contributed by atoms with Gasteiger partial charge in [-0.25, -0.2) is 9.97 Å².